The number of nitrogens with one attached hydrogen (secondary N) is 2. The van der Waals surface area contributed by atoms with Crippen LogP contribution in [0, 0.1) is 0 Å². The monoisotopic (exact) mass is 353 g/mol. The Bertz CT molecular complexity index is 789. The lowest BCUT2D eigenvalue weighted by Crippen LogP contribution is -2.43. The number of benzene rings is 2. The second-order valence-electron chi connectivity index (χ2n) is 6.30. The normalized spacial score (nSPS) is 15.6. The molecular formula is C20H23N3O3. The Labute approximate surface area is 153 Å². The van der Waals surface area contributed by atoms with Gasteiger partial charge in [-0.1, -0.05) is 19.1 Å². The lowest BCUT2D eigenvalue weighted by atomic mass is 10.1. The largest absolute Gasteiger partial charge is 0.486 e. The maximum absolute atomic E-state index is 12.5. The van der Waals surface area contributed by atoms with E-state index in [0.29, 0.717) is 17.9 Å². The molecule has 1 aliphatic heterocycles. The summed E-state index contributed by atoms with van der Waals surface area (Å²) in [5, 5.41) is 5.60. The quantitative estimate of drug-likeness (QED) is 0.866. The first-order chi connectivity index (χ1) is 12.5. The van der Waals surface area contributed by atoms with Crippen LogP contribution in [0.2, 0.25) is 0 Å². The lowest BCUT2D eigenvalue weighted by Gasteiger charge is -2.35. The third-order valence-electron chi connectivity index (χ3n) is 4.20. The Hall–Kier alpha value is -3.02. The number of para-hydroxylation sites is 2. The van der Waals surface area contributed by atoms with E-state index < -0.39 is 0 Å². The van der Waals surface area contributed by atoms with E-state index >= 15 is 0 Å². The maximum Gasteiger partial charge on any atom is 0.243 e. The number of fused-ring (bicyclic) bond motifs is 1. The van der Waals surface area contributed by atoms with Gasteiger partial charge in [0.1, 0.15) is 11.9 Å². The molecule has 0 fully saturated rings. The Balaban J connectivity index is 1.65. The summed E-state index contributed by atoms with van der Waals surface area (Å²) in [5.41, 5.74) is 2.33. The molecule has 2 amide bonds. The third-order valence-corrected chi connectivity index (χ3v) is 4.20. The third kappa shape index (κ3) is 4.33. The van der Waals surface area contributed by atoms with E-state index in [1.165, 1.54) is 6.92 Å². The number of rotatable bonds is 5. The zero-order chi connectivity index (χ0) is 18.5. The van der Waals surface area contributed by atoms with Crippen molar-refractivity contribution in [2.45, 2.75) is 26.4 Å². The summed E-state index contributed by atoms with van der Waals surface area (Å²) in [6.07, 6.45) is 0.964. The number of carbonyl (C=O) groups is 2. The van der Waals surface area contributed by atoms with Crippen molar-refractivity contribution in [3.05, 3.63) is 48.5 Å². The van der Waals surface area contributed by atoms with Gasteiger partial charge in [-0.05, 0) is 42.8 Å². The molecular weight excluding hydrogens is 330 g/mol. The molecule has 0 saturated carbocycles. The fourth-order valence-electron chi connectivity index (χ4n) is 2.96. The first-order valence-corrected chi connectivity index (χ1v) is 8.73. The molecule has 0 aliphatic carbocycles. The van der Waals surface area contributed by atoms with Gasteiger partial charge in [0.25, 0.3) is 0 Å². The highest BCUT2D eigenvalue weighted by atomic mass is 16.5. The van der Waals surface area contributed by atoms with Gasteiger partial charge in [-0.3, -0.25) is 9.59 Å². The second-order valence-corrected chi connectivity index (χ2v) is 6.30. The number of carbonyl (C=O) groups excluding carboxylic acids is 2. The van der Waals surface area contributed by atoms with Crippen LogP contribution in [0.25, 0.3) is 0 Å². The molecule has 3 rings (SSSR count). The van der Waals surface area contributed by atoms with Gasteiger partial charge in [-0.25, -0.2) is 0 Å². The molecule has 1 atom stereocenters. The molecule has 2 aromatic rings. The Morgan fingerprint density at radius 1 is 1.08 bits per heavy atom. The van der Waals surface area contributed by atoms with E-state index in [0.717, 1.165) is 17.9 Å². The summed E-state index contributed by atoms with van der Waals surface area (Å²) in [6, 6.07) is 14.8. The highest BCUT2D eigenvalue weighted by Gasteiger charge is 2.25. The van der Waals surface area contributed by atoms with E-state index in [1.54, 1.807) is 24.3 Å². The Morgan fingerprint density at radius 3 is 2.38 bits per heavy atom. The number of nitrogens with zero attached hydrogens (tertiary/aromatic N) is 1. The van der Waals surface area contributed by atoms with Gasteiger partial charge in [-0.15, -0.1) is 0 Å². The predicted octanol–water partition coefficient (Wildman–Crippen LogP) is 3.26. The van der Waals surface area contributed by atoms with Crippen LogP contribution < -0.4 is 20.3 Å². The fraction of sp³-hybridized carbons (Fsp3) is 0.300. The van der Waals surface area contributed by atoms with Crippen molar-refractivity contribution in [3.8, 4) is 5.75 Å². The van der Waals surface area contributed by atoms with Crippen LogP contribution in [0.5, 0.6) is 5.75 Å². The maximum atomic E-state index is 12.5. The van der Waals surface area contributed by atoms with Crippen molar-refractivity contribution in [1.82, 2.24) is 0 Å². The lowest BCUT2D eigenvalue weighted by molar-refractivity contribution is -0.115. The first-order valence-electron chi connectivity index (χ1n) is 8.73. The molecule has 1 aliphatic rings. The van der Waals surface area contributed by atoms with Crippen LogP contribution in [0.1, 0.15) is 20.3 Å². The summed E-state index contributed by atoms with van der Waals surface area (Å²) < 4.78 is 5.95. The SMILES string of the molecule is CCC1CN(CC(=O)Nc2ccc(NC(C)=O)cc2)c2ccccc2O1. The summed E-state index contributed by atoms with van der Waals surface area (Å²) in [5.74, 6) is 0.597. The van der Waals surface area contributed by atoms with Crippen molar-refractivity contribution in [3.63, 3.8) is 0 Å². The molecule has 0 aromatic heterocycles. The molecule has 6 heteroatoms. The van der Waals surface area contributed by atoms with Crippen molar-refractivity contribution in [1.29, 1.82) is 0 Å². The minimum absolute atomic E-state index is 0.0784. The van der Waals surface area contributed by atoms with E-state index in [2.05, 4.69) is 17.6 Å². The molecule has 2 aromatic carbocycles. The minimum Gasteiger partial charge on any atom is -0.486 e. The molecule has 0 saturated heterocycles. The molecule has 26 heavy (non-hydrogen) atoms. The minimum atomic E-state index is -0.127. The zero-order valence-electron chi connectivity index (χ0n) is 15.0. The Morgan fingerprint density at radius 2 is 1.73 bits per heavy atom. The van der Waals surface area contributed by atoms with E-state index in [9.17, 15) is 9.59 Å². The predicted molar refractivity (Wildman–Crippen MR) is 103 cm³/mol. The first kappa shape index (κ1) is 17.8. The number of amides is 2. The molecule has 6 nitrogen and oxygen atoms in total. The molecule has 136 valence electrons. The van der Waals surface area contributed by atoms with E-state index in [-0.39, 0.29) is 24.5 Å². The second kappa shape index (κ2) is 7.91. The molecule has 0 spiro atoms. The van der Waals surface area contributed by atoms with Crippen LogP contribution >= 0.6 is 0 Å². The number of anilines is 3. The van der Waals surface area contributed by atoms with Crippen LogP contribution in [-0.2, 0) is 9.59 Å². The zero-order valence-corrected chi connectivity index (χ0v) is 15.0. The van der Waals surface area contributed by atoms with E-state index in [4.69, 9.17) is 4.74 Å². The van der Waals surface area contributed by atoms with Crippen LogP contribution in [0.4, 0.5) is 17.1 Å². The highest BCUT2D eigenvalue weighted by Crippen LogP contribution is 2.33. The van der Waals surface area contributed by atoms with Gasteiger partial charge in [0.05, 0.1) is 18.8 Å². The van der Waals surface area contributed by atoms with Crippen LogP contribution in [0.15, 0.2) is 48.5 Å². The number of hydrogen-bond donors (Lipinski definition) is 2. The van der Waals surface area contributed by atoms with Crippen LogP contribution in [-0.4, -0.2) is 31.0 Å². The number of ether oxygens (including phenoxy) is 1. The molecule has 2 N–H and O–H groups in total. The van der Waals surface area contributed by atoms with Gasteiger partial charge < -0.3 is 20.3 Å². The summed E-state index contributed by atoms with van der Waals surface area (Å²) in [6.45, 7) is 4.47. The van der Waals surface area contributed by atoms with Gasteiger partial charge in [0.15, 0.2) is 0 Å². The Kier molecular flexibility index (Phi) is 5.41. The summed E-state index contributed by atoms with van der Waals surface area (Å²) in [4.78, 5) is 25.6. The molecule has 1 heterocycles. The fourth-order valence-corrected chi connectivity index (χ4v) is 2.96. The van der Waals surface area contributed by atoms with Gasteiger partial charge >= 0.3 is 0 Å². The summed E-state index contributed by atoms with van der Waals surface area (Å²) >= 11 is 0. The average molecular weight is 353 g/mol. The highest BCUT2D eigenvalue weighted by molar-refractivity contribution is 5.95. The van der Waals surface area contributed by atoms with Crippen molar-refractivity contribution in [2.75, 3.05) is 28.6 Å². The number of hydrogen-bond acceptors (Lipinski definition) is 4. The van der Waals surface area contributed by atoms with Crippen molar-refractivity contribution < 1.29 is 14.3 Å². The van der Waals surface area contributed by atoms with Gasteiger partial charge in [0.2, 0.25) is 11.8 Å². The molecule has 0 radical (unpaired) electrons. The van der Waals surface area contributed by atoms with Gasteiger partial charge in [0, 0.05) is 18.3 Å². The standard InChI is InChI=1S/C20H23N3O3/c1-3-17-12-23(18-6-4-5-7-19(18)26-17)13-20(25)22-16-10-8-15(9-11-16)21-14(2)24/h4-11,17H,3,12-13H2,1-2H3,(H,21,24)(H,22,25). The molecule has 1 unspecified atom stereocenters. The average Bonchev–Trinajstić information content (AvgIpc) is 2.62. The van der Waals surface area contributed by atoms with Crippen molar-refractivity contribution in [2.24, 2.45) is 0 Å². The van der Waals surface area contributed by atoms with Crippen LogP contribution in [0.3, 0.4) is 0 Å². The van der Waals surface area contributed by atoms with Gasteiger partial charge in [-0.2, -0.15) is 0 Å². The molecule has 0 bridgehead atoms. The van der Waals surface area contributed by atoms with E-state index in [1.807, 2.05) is 29.2 Å². The smallest absolute Gasteiger partial charge is 0.243 e. The topological polar surface area (TPSA) is 70.7 Å². The summed E-state index contributed by atoms with van der Waals surface area (Å²) in [7, 11) is 0. The van der Waals surface area contributed by atoms with Crippen molar-refractivity contribution >= 4 is 28.9 Å².